The Balaban J connectivity index is 1.47. The lowest BCUT2D eigenvalue weighted by Crippen LogP contribution is -2.30. The minimum absolute atomic E-state index is 0.0305. The van der Waals surface area contributed by atoms with Crippen LogP contribution in [-0.2, 0) is 22.7 Å². The lowest BCUT2D eigenvalue weighted by atomic mass is 10.1. The molecule has 3 aromatic rings. The Morgan fingerprint density at radius 2 is 1.80 bits per heavy atom. The molecule has 0 radical (unpaired) electrons. The highest BCUT2D eigenvalue weighted by molar-refractivity contribution is 9.10. The number of methoxy groups -OCH3 is 1. The highest BCUT2D eigenvalue weighted by Crippen LogP contribution is 2.35. The van der Waals surface area contributed by atoms with Crippen LogP contribution < -0.4 is 10.1 Å². The fourth-order valence-corrected chi connectivity index (χ4v) is 4.13. The van der Waals surface area contributed by atoms with Gasteiger partial charge in [-0.1, -0.05) is 51.3 Å². The van der Waals surface area contributed by atoms with Gasteiger partial charge < -0.3 is 19.2 Å². The van der Waals surface area contributed by atoms with Crippen molar-refractivity contribution in [1.82, 2.24) is 10.2 Å². The summed E-state index contributed by atoms with van der Waals surface area (Å²) in [5.74, 6) is -0.715. The van der Waals surface area contributed by atoms with Crippen LogP contribution in [0.5, 0.6) is 5.75 Å². The Kier molecular flexibility index (Phi) is 7.49. The molecule has 0 aliphatic carbocycles. The topological polar surface area (TPSA) is 98.1 Å². The van der Waals surface area contributed by atoms with Crippen LogP contribution in [0.15, 0.2) is 63.1 Å². The summed E-state index contributed by atoms with van der Waals surface area (Å²) in [4.78, 5) is 37.6. The number of halogens is 3. The van der Waals surface area contributed by atoms with Crippen LogP contribution in [0.25, 0.3) is 6.08 Å². The lowest BCUT2D eigenvalue weighted by Gasteiger charge is -2.11. The third-order valence-corrected chi connectivity index (χ3v) is 6.04. The number of benzene rings is 2. The molecule has 4 rings (SSSR count). The molecule has 180 valence electrons. The maximum atomic E-state index is 12.8. The highest BCUT2D eigenvalue weighted by Gasteiger charge is 2.34. The van der Waals surface area contributed by atoms with Gasteiger partial charge in [0.25, 0.3) is 5.91 Å². The summed E-state index contributed by atoms with van der Waals surface area (Å²) < 4.78 is 16.7. The number of ether oxygens (including phenoxy) is 2. The third kappa shape index (κ3) is 5.70. The Bertz CT molecular complexity index is 1310. The molecule has 1 fully saturated rings. The van der Waals surface area contributed by atoms with E-state index in [2.05, 4.69) is 26.0 Å². The van der Waals surface area contributed by atoms with Crippen LogP contribution in [0.2, 0.25) is 10.0 Å². The fourth-order valence-electron chi connectivity index (χ4n) is 3.25. The van der Waals surface area contributed by atoms with E-state index in [1.165, 1.54) is 25.3 Å². The first kappa shape index (κ1) is 24.8. The molecule has 2 aromatic carbocycles. The van der Waals surface area contributed by atoms with Gasteiger partial charge in [-0.2, -0.15) is 0 Å². The molecular weight excluding hydrogens is 563 g/mol. The molecule has 2 heterocycles. The molecule has 8 nitrogen and oxygen atoms in total. The van der Waals surface area contributed by atoms with Crippen molar-refractivity contribution >= 4 is 63.1 Å². The first-order valence-corrected chi connectivity index (χ1v) is 11.7. The number of carbonyl (C=O) groups is 3. The molecule has 0 atom stereocenters. The van der Waals surface area contributed by atoms with Crippen molar-refractivity contribution in [3.05, 3.63) is 91.4 Å². The van der Waals surface area contributed by atoms with E-state index < -0.39 is 17.9 Å². The van der Waals surface area contributed by atoms with Crippen LogP contribution in [-0.4, -0.2) is 29.9 Å². The number of rotatable bonds is 7. The lowest BCUT2D eigenvalue weighted by molar-refractivity contribution is -0.123. The molecule has 1 N–H and O–H groups in total. The average molecular weight is 580 g/mol. The first-order chi connectivity index (χ1) is 16.7. The number of nitrogens with zero attached hydrogens (tertiary/aromatic N) is 1. The van der Waals surface area contributed by atoms with Crippen molar-refractivity contribution in [3.8, 4) is 5.75 Å². The SMILES string of the molecule is COC(=O)c1ccc(CN2C(=O)N/C(=C\c3cc(Cl)c(OCc4ccc(Br)cc4)c(Cl)c3)C2=O)o1. The standard InChI is InChI=1S/C24H17BrCl2N2O6/c1-33-23(31)20-7-6-16(35-20)11-29-22(30)19(28-24(29)32)10-14-8-17(26)21(18(27)9-14)34-12-13-2-4-15(25)5-3-13/h2-10H,11-12H2,1H3,(H,28,32)/b19-10-. The van der Waals surface area contributed by atoms with Gasteiger partial charge in [0.15, 0.2) is 5.75 Å². The molecule has 1 aromatic heterocycles. The van der Waals surface area contributed by atoms with Crippen LogP contribution in [0.3, 0.4) is 0 Å². The van der Waals surface area contributed by atoms with Gasteiger partial charge in [-0.05, 0) is 53.6 Å². The Hall–Kier alpha value is -3.27. The second-order valence-electron chi connectivity index (χ2n) is 7.37. The zero-order valence-electron chi connectivity index (χ0n) is 18.1. The average Bonchev–Trinajstić information content (AvgIpc) is 3.39. The third-order valence-electron chi connectivity index (χ3n) is 4.95. The maximum Gasteiger partial charge on any atom is 0.373 e. The van der Waals surface area contributed by atoms with E-state index in [1.807, 2.05) is 24.3 Å². The monoisotopic (exact) mass is 578 g/mol. The summed E-state index contributed by atoms with van der Waals surface area (Å²) in [6.07, 6.45) is 1.46. The smallest absolute Gasteiger partial charge is 0.373 e. The number of hydrogen-bond donors (Lipinski definition) is 1. The quantitative estimate of drug-likeness (QED) is 0.215. The normalized spacial score (nSPS) is 14.4. The van der Waals surface area contributed by atoms with Crippen LogP contribution >= 0.6 is 39.1 Å². The number of esters is 1. The molecule has 1 aliphatic rings. The Morgan fingerprint density at radius 1 is 1.11 bits per heavy atom. The number of urea groups is 1. The first-order valence-electron chi connectivity index (χ1n) is 10.1. The van der Waals surface area contributed by atoms with Gasteiger partial charge in [0.05, 0.1) is 23.7 Å². The molecule has 35 heavy (non-hydrogen) atoms. The van der Waals surface area contributed by atoms with Crippen molar-refractivity contribution in [3.63, 3.8) is 0 Å². The molecule has 0 bridgehead atoms. The van der Waals surface area contributed by atoms with Crippen LogP contribution in [0, 0.1) is 0 Å². The van der Waals surface area contributed by atoms with Crippen molar-refractivity contribution < 1.29 is 28.3 Å². The summed E-state index contributed by atoms with van der Waals surface area (Å²) in [5, 5.41) is 3.01. The van der Waals surface area contributed by atoms with E-state index in [1.54, 1.807) is 12.1 Å². The van der Waals surface area contributed by atoms with Gasteiger partial charge in [-0.15, -0.1) is 0 Å². The van der Waals surface area contributed by atoms with E-state index in [4.69, 9.17) is 32.4 Å². The zero-order chi connectivity index (χ0) is 25.1. The molecule has 0 unspecified atom stereocenters. The minimum atomic E-state index is -0.660. The Labute approximate surface area is 218 Å². The van der Waals surface area contributed by atoms with Gasteiger partial charge in [-0.3, -0.25) is 9.69 Å². The van der Waals surface area contributed by atoms with E-state index in [0.29, 0.717) is 11.3 Å². The highest BCUT2D eigenvalue weighted by atomic mass is 79.9. The summed E-state index contributed by atoms with van der Waals surface area (Å²) in [7, 11) is 1.22. The Morgan fingerprint density at radius 3 is 2.46 bits per heavy atom. The fraction of sp³-hybridized carbons (Fsp3) is 0.125. The van der Waals surface area contributed by atoms with Crippen molar-refractivity contribution in [2.24, 2.45) is 0 Å². The van der Waals surface area contributed by atoms with Gasteiger partial charge in [0.2, 0.25) is 5.76 Å². The van der Waals surface area contributed by atoms with Crippen LogP contribution in [0.1, 0.15) is 27.4 Å². The molecule has 3 amide bonds. The molecule has 0 spiro atoms. The predicted octanol–water partition coefficient (Wildman–Crippen LogP) is 5.81. The zero-order valence-corrected chi connectivity index (χ0v) is 21.2. The van der Waals surface area contributed by atoms with Crippen molar-refractivity contribution in [2.45, 2.75) is 13.2 Å². The van der Waals surface area contributed by atoms with Gasteiger partial charge in [-0.25, -0.2) is 9.59 Å². The largest absolute Gasteiger partial charge is 0.486 e. The number of amides is 3. The molecule has 11 heteroatoms. The predicted molar refractivity (Wildman–Crippen MR) is 132 cm³/mol. The number of furan rings is 1. The van der Waals surface area contributed by atoms with E-state index in [0.717, 1.165) is 14.9 Å². The van der Waals surface area contributed by atoms with Crippen molar-refractivity contribution in [1.29, 1.82) is 0 Å². The number of imide groups is 1. The van der Waals surface area contributed by atoms with E-state index >= 15 is 0 Å². The molecular formula is C24H17BrCl2N2O6. The second kappa shape index (κ2) is 10.6. The van der Waals surface area contributed by atoms with Crippen LogP contribution in [0.4, 0.5) is 4.79 Å². The number of carbonyl (C=O) groups excluding carboxylic acids is 3. The summed E-state index contributed by atoms with van der Waals surface area (Å²) in [5.41, 5.74) is 1.46. The van der Waals surface area contributed by atoms with Gasteiger partial charge in [0, 0.05) is 4.47 Å². The van der Waals surface area contributed by atoms with Gasteiger partial charge >= 0.3 is 12.0 Å². The summed E-state index contributed by atoms with van der Waals surface area (Å²) in [6.45, 7) is 0.102. The summed E-state index contributed by atoms with van der Waals surface area (Å²) in [6, 6.07) is 13.0. The van der Waals surface area contributed by atoms with E-state index in [-0.39, 0.29) is 40.4 Å². The van der Waals surface area contributed by atoms with E-state index in [9.17, 15) is 14.4 Å². The molecule has 0 saturated carbocycles. The summed E-state index contributed by atoms with van der Waals surface area (Å²) >= 11 is 16.1. The van der Waals surface area contributed by atoms with Crippen molar-refractivity contribution in [2.75, 3.05) is 7.11 Å². The van der Waals surface area contributed by atoms with Gasteiger partial charge in [0.1, 0.15) is 18.1 Å². The molecule has 1 aliphatic heterocycles. The number of hydrogen-bond acceptors (Lipinski definition) is 6. The number of nitrogens with one attached hydrogen (secondary N) is 1. The second-order valence-corrected chi connectivity index (χ2v) is 9.10. The minimum Gasteiger partial charge on any atom is -0.486 e. The maximum absolute atomic E-state index is 12.8. The molecule has 1 saturated heterocycles.